The van der Waals surface area contributed by atoms with Crippen LogP contribution in [0.2, 0.25) is 5.02 Å². The standard InChI is InChI=1S/C13H12ClNOS/c14-12-3-1-10(2-4-12)5-7-15-13(16)11-6-8-17-9-11/h1-4,6,8-9H,5,7H2,(H,15,16). The van der Waals surface area contributed by atoms with Crippen LogP contribution in [-0.2, 0) is 6.42 Å². The second kappa shape index (κ2) is 5.84. The molecule has 0 bridgehead atoms. The molecule has 2 nitrogen and oxygen atoms in total. The summed E-state index contributed by atoms with van der Waals surface area (Å²) in [6, 6.07) is 9.48. The van der Waals surface area contributed by atoms with Crippen LogP contribution < -0.4 is 5.32 Å². The zero-order valence-corrected chi connectivity index (χ0v) is 10.7. The molecule has 2 aromatic rings. The van der Waals surface area contributed by atoms with Crippen molar-refractivity contribution >= 4 is 28.8 Å². The first kappa shape index (κ1) is 12.1. The Morgan fingerprint density at radius 1 is 1.24 bits per heavy atom. The second-order valence-corrected chi connectivity index (χ2v) is 4.86. The van der Waals surface area contributed by atoms with E-state index in [-0.39, 0.29) is 5.91 Å². The molecule has 0 fully saturated rings. The number of hydrogen-bond donors (Lipinski definition) is 1. The fourth-order valence-corrected chi connectivity index (χ4v) is 2.23. The third-order valence-corrected chi connectivity index (χ3v) is 3.33. The maximum Gasteiger partial charge on any atom is 0.252 e. The van der Waals surface area contributed by atoms with E-state index in [0.29, 0.717) is 6.54 Å². The molecule has 1 heterocycles. The van der Waals surface area contributed by atoms with E-state index in [0.717, 1.165) is 17.0 Å². The summed E-state index contributed by atoms with van der Waals surface area (Å²) in [6.45, 7) is 0.635. The maximum atomic E-state index is 11.6. The van der Waals surface area contributed by atoms with Gasteiger partial charge >= 0.3 is 0 Å². The van der Waals surface area contributed by atoms with Crippen LogP contribution in [0.15, 0.2) is 41.1 Å². The fraction of sp³-hybridized carbons (Fsp3) is 0.154. The smallest absolute Gasteiger partial charge is 0.252 e. The highest BCUT2D eigenvalue weighted by Crippen LogP contribution is 2.10. The zero-order chi connectivity index (χ0) is 12.1. The molecule has 0 unspecified atom stereocenters. The molecule has 0 radical (unpaired) electrons. The molecule has 2 rings (SSSR count). The Bertz CT molecular complexity index is 479. The van der Waals surface area contributed by atoms with Crippen molar-refractivity contribution in [3.05, 3.63) is 57.2 Å². The largest absolute Gasteiger partial charge is 0.352 e. The molecule has 0 saturated heterocycles. The number of carbonyl (C=O) groups is 1. The van der Waals surface area contributed by atoms with Crippen molar-refractivity contribution in [1.82, 2.24) is 5.32 Å². The Hall–Kier alpha value is -1.32. The number of amides is 1. The van der Waals surface area contributed by atoms with Gasteiger partial charge in [-0.3, -0.25) is 4.79 Å². The summed E-state index contributed by atoms with van der Waals surface area (Å²) in [6.07, 6.45) is 0.813. The predicted molar refractivity (Wildman–Crippen MR) is 71.8 cm³/mol. The summed E-state index contributed by atoms with van der Waals surface area (Å²) in [7, 11) is 0. The van der Waals surface area contributed by atoms with Gasteiger partial charge in [-0.1, -0.05) is 23.7 Å². The average Bonchev–Trinajstić information content (AvgIpc) is 2.85. The van der Waals surface area contributed by atoms with Crippen LogP contribution in [0.4, 0.5) is 0 Å². The predicted octanol–water partition coefficient (Wildman–Crippen LogP) is 3.37. The van der Waals surface area contributed by atoms with Crippen LogP contribution in [-0.4, -0.2) is 12.5 Å². The van der Waals surface area contributed by atoms with Crippen LogP contribution in [0.25, 0.3) is 0 Å². The van der Waals surface area contributed by atoms with Crippen LogP contribution >= 0.6 is 22.9 Å². The van der Waals surface area contributed by atoms with E-state index >= 15 is 0 Å². The first-order valence-electron chi connectivity index (χ1n) is 5.30. The molecule has 0 saturated carbocycles. The third-order valence-electron chi connectivity index (χ3n) is 2.40. The van der Waals surface area contributed by atoms with Gasteiger partial charge in [0.25, 0.3) is 5.91 Å². The first-order chi connectivity index (χ1) is 8.25. The lowest BCUT2D eigenvalue weighted by molar-refractivity contribution is 0.0954. The van der Waals surface area contributed by atoms with Crippen LogP contribution in [0, 0.1) is 0 Å². The van der Waals surface area contributed by atoms with Crippen molar-refractivity contribution in [3.8, 4) is 0 Å². The van der Waals surface area contributed by atoms with Crippen LogP contribution in [0.5, 0.6) is 0 Å². The normalized spacial score (nSPS) is 10.2. The summed E-state index contributed by atoms with van der Waals surface area (Å²) in [5.74, 6) is -0.0137. The van der Waals surface area contributed by atoms with Crippen molar-refractivity contribution in [2.45, 2.75) is 6.42 Å². The average molecular weight is 266 g/mol. The van der Waals surface area contributed by atoms with E-state index in [1.54, 1.807) is 0 Å². The summed E-state index contributed by atoms with van der Waals surface area (Å²) < 4.78 is 0. The molecule has 4 heteroatoms. The van der Waals surface area contributed by atoms with Crippen LogP contribution in [0.3, 0.4) is 0 Å². The van der Waals surface area contributed by atoms with E-state index in [1.165, 1.54) is 16.9 Å². The molecule has 0 spiro atoms. The van der Waals surface area contributed by atoms with Crippen molar-refractivity contribution in [2.24, 2.45) is 0 Å². The van der Waals surface area contributed by atoms with Crippen molar-refractivity contribution in [2.75, 3.05) is 6.54 Å². The maximum absolute atomic E-state index is 11.6. The van der Waals surface area contributed by atoms with E-state index in [4.69, 9.17) is 11.6 Å². The molecule has 1 N–H and O–H groups in total. The molecule has 0 aliphatic heterocycles. The monoisotopic (exact) mass is 265 g/mol. The summed E-state index contributed by atoms with van der Waals surface area (Å²) in [4.78, 5) is 11.6. The topological polar surface area (TPSA) is 29.1 Å². The molecular weight excluding hydrogens is 254 g/mol. The van der Waals surface area contributed by atoms with E-state index in [1.807, 2.05) is 41.1 Å². The zero-order valence-electron chi connectivity index (χ0n) is 9.15. The van der Waals surface area contributed by atoms with Gasteiger partial charge in [0.1, 0.15) is 0 Å². The van der Waals surface area contributed by atoms with Crippen molar-refractivity contribution < 1.29 is 4.79 Å². The second-order valence-electron chi connectivity index (χ2n) is 3.64. The Morgan fingerprint density at radius 2 is 2.00 bits per heavy atom. The molecule has 1 aromatic carbocycles. The van der Waals surface area contributed by atoms with Crippen LogP contribution in [0.1, 0.15) is 15.9 Å². The summed E-state index contributed by atoms with van der Waals surface area (Å²) >= 11 is 7.32. The van der Waals surface area contributed by atoms with Gasteiger partial charge in [-0.05, 0) is 35.6 Å². The highest BCUT2D eigenvalue weighted by atomic mass is 35.5. The van der Waals surface area contributed by atoms with Gasteiger partial charge in [-0.25, -0.2) is 0 Å². The molecule has 17 heavy (non-hydrogen) atoms. The third kappa shape index (κ3) is 3.58. The number of benzene rings is 1. The lowest BCUT2D eigenvalue weighted by Gasteiger charge is -2.04. The highest BCUT2D eigenvalue weighted by Gasteiger charge is 2.04. The minimum atomic E-state index is -0.0137. The quantitative estimate of drug-likeness (QED) is 0.902. The number of halogens is 1. The molecule has 88 valence electrons. The molecule has 1 aromatic heterocycles. The Kier molecular flexibility index (Phi) is 4.18. The van der Waals surface area contributed by atoms with Gasteiger partial charge in [0.2, 0.25) is 0 Å². The number of hydrogen-bond acceptors (Lipinski definition) is 2. The number of rotatable bonds is 4. The van der Waals surface area contributed by atoms with Gasteiger partial charge < -0.3 is 5.32 Å². The van der Waals surface area contributed by atoms with E-state index < -0.39 is 0 Å². The van der Waals surface area contributed by atoms with Crippen molar-refractivity contribution in [3.63, 3.8) is 0 Å². The molecular formula is C13H12ClNOS. The number of carbonyl (C=O) groups excluding carboxylic acids is 1. The lowest BCUT2D eigenvalue weighted by atomic mass is 10.1. The SMILES string of the molecule is O=C(NCCc1ccc(Cl)cc1)c1ccsc1. The van der Waals surface area contributed by atoms with Gasteiger partial charge in [0, 0.05) is 22.5 Å². The molecule has 1 amide bonds. The van der Waals surface area contributed by atoms with Gasteiger partial charge in [0.05, 0.1) is 0 Å². The van der Waals surface area contributed by atoms with Gasteiger partial charge in [0.15, 0.2) is 0 Å². The van der Waals surface area contributed by atoms with Gasteiger partial charge in [-0.15, -0.1) is 0 Å². The summed E-state index contributed by atoms with van der Waals surface area (Å²) in [5.41, 5.74) is 1.89. The fourth-order valence-electron chi connectivity index (χ4n) is 1.47. The van der Waals surface area contributed by atoms with Crippen molar-refractivity contribution in [1.29, 1.82) is 0 Å². The first-order valence-corrected chi connectivity index (χ1v) is 6.62. The molecule has 0 aliphatic carbocycles. The number of thiophene rings is 1. The Morgan fingerprint density at radius 3 is 2.65 bits per heavy atom. The highest BCUT2D eigenvalue weighted by molar-refractivity contribution is 7.08. The minimum absolute atomic E-state index is 0.0137. The minimum Gasteiger partial charge on any atom is -0.352 e. The summed E-state index contributed by atoms with van der Waals surface area (Å²) in [5, 5.41) is 7.36. The lowest BCUT2D eigenvalue weighted by Crippen LogP contribution is -2.25. The molecule has 0 atom stereocenters. The Labute approximate surface area is 109 Å². The molecule has 0 aliphatic rings. The van der Waals surface area contributed by atoms with E-state index in [2.05, 4.69) is 5.32 Å². The number of nitrogens with one attached hydrogen (secondary N) is 1. The van der Waals surface area contributed by atoms with E-state index in [9.17, 15) is 4.79 Å². The van der Waals surface area contributed by atoms with Gasteiger partial charge in [-0.2, -0.15) is 11.3 Å². The Balaban J connectivity index is 1.80.